The molecule has 1 unspecified atom stereocenters. The van der Waals surface area contributed by atoms with Crippen molar-refractivity contribution in [2.24, 2.45) is 0 Å². The maximum atomic E-state index is 9.06. The average molecular weight is 249 g/mol. The van der Waals surface area contributed by atoms with Gasteiger partial charge in [0.1, 0.15) is 6.10 Å². The van der Waals surface area contributed by atoms with E-state index in [1.165, 1.54) is 0 Å². The molecule has 0 amide bonds. The van der Waals surface area contributed by atoms with Crippen LogP contribution in [0.3, 0.4) is 0 Å². The summed E-state index contributed by atoms with van der Waals surface area (Å²) in [5, 5.41) is 12.3. The van der Waals surface area contributed by atoms with Crippen LogP contribution in [0.25, 0.3) is 0 Å². The molecule has 1 atom stereocenters. The Bertz CT molecular complexity index is 154. The second-order valence-electron chi connectivity index (χ2n) is 3.73. The zero-order valence-corrected chi connectivity index (χ0v) is 10.2. The molecule has 1 heterocycles. The first-order valence-electron chi connectivity index (χ1n) is 6.10. The van der Waals surface area contributed by atoms with Crippen LogP contribution in [0, 0.1) is 0 Å². The topological polar surface area (TPSA) is 69.2 Å². The van der Waals surface area contributed by atoms with Gasteiger partial charge in [0, 0.05) is 13.1 Å². The normalized spacial score (nSPS) is 27.0. The third kappa shape index (κ3) is 8.48. The lowest BCUT2D eigenvalue weighted by molar-refractivity contribution is -0.0520. The summed E-state index contributed by atoms with van der Waals surface area (Å²) in [6.45, 7) is 5.40. The van der Waals surface area contributed by atoms with Gasteiger partial charge in [-0.2, -0.15) is 0 Å². The molecule has 2 N–H and O–H groups in total. The predicted octanol–water partition coefficient (Wildman–Crippen LogP) is -0.983. The molecule has 1 aliphatic rings. The van der Waals surface area contributed by atoms with E-state index in [0.29, 0.717) is 46.2 Å². The van der Waals surface area contributed by atoms with Gasteiger partial charge in [-0.05, 0) is 0 Å². The molecule has 0 aromatic rings. The fourth-order valence-electron chi connectivity index (χ4n) is 1.38. The van der Waals surface area contributed by atoms with Crippen molar-refractivity contribution < 1.29 is 24.1 Å². The molecule has 0 radical (unpaired) electrons. The number of aliphatic hydroxyl groups excluding tert-OH is 1. The molecule has 1 aliphatic heterocycles. The van der Waals surface area contributed by atoms with Gasteiger partial charge in [0.25, 0.3) is 0 Å². The summed E-state index contributed by atoms with van der Waals surface area (Å²) in [7, 11) is 0. The maximum Gasteiger partial charge on any atom is 0.104 e. The van der Waals surface area contributed by atoms with Crippen LogP contribution >= 0.6 is 0 Å². The molecular weight excluding hydrogens is 226 g/mol. The molecule has 0 aromatic heterocycles. The number of hydrogen-bond donors (Lipinski definition) is 2. The van der Waals surface area contributed by atoms with Crippen LogP contribution in [-0.2, 0) is 18.9 Å². The van der Waals surface area contributed by atoms with E-state index in [1.807, 2.05) is 0 Å². The van der Waals surface area contributed by atoms with Crippen molar-refractivity contribution in [2.75, 3.05) is 65.9 Å². The van der Waals surface area contributed by atoms with Crippen molar-refractivity contribution in [1.82, 2.24) is 5.32 Å². The molecule has 17 heavy (non-hydrogen) atoms. The van der Waals surface area contributed by atoms with Crippen molar-refractivity contribution in [3.05, 3.63) is 0 Å². The monoisotopic (exact) mass is 249 g/mol. The summed E-state index contributed by atoms with van der Waals surface area (Å²) < 4.78 is 21.4. The van der Waals surface area contributed by atoms with E-state index in [1.54, 1.807) is 0 Å². The van der Waals surface area contributed by atoms with Gasteiger partial charge in [-0.25, -0.2) is 0 Å². The summed E-state index contributed by atoms with van der Waals surface area (Å²) >= 11 is 0. The molecule has 102 valence electrons. The second-order valence-corrected chi connectivity index (χ2v) is 3.73. The van der Waals surface area contributed by atoms with Crippen molar-refractivity contribution >= 4 is 0 Å². The SMILES string of the molecule is OCC1COCCOCCOCCNCCO1. The molecule has 0 saturated carbocycles. The molecule has 1 saturated heterocycles. The molecule has 1 fully saturated rings. The lowest BCUT2D eigenvalue weighted by Gasteiger charge is -2.15. The molecular formula is C11H23NO5. The van der Waals surface area contributed by atoms with Crippen molar-refractivity contribution in [1.29, 1.82) is 0 Å². The van der Waals surface area contributed by atoms with Gasteiger partial charge < -0.3 is 29.4 Å². The Morgan fingerprint density at radius 1 is 0.882 bits per heavy atom. The number of aliphatic hydroxyl groups is 1. The average Bonchev–Trinajstić information content (AvgIpc) is 2.36. The lowest BCUT2D eigenvalue weighted by atomic mass is 10.4. The molecule has 0 bridgehead atoms. The minimum Gasteiger partial charge on any atom is -0.394 e. The molecule has 1 rings (SSSR count). The Hall–Kier alpha value is -0.240. The van der Waals surface area contributed by atoms with E-state index < -0.39 is 0 Å². The number of ether oxygens (including phenoxy) is 4. The minimum atomic E-state index is -0.252. The highest BCUT2D eigenvalue weighted by Gasteiger charge is 2.07. The second kappa shape index (κ2) is 10.9. The third-order valence-corrected chi connectivity index (χ3v) is 2.31. The largest absolute Gasteiger partial charge is 0.394 e. The zero-order chi connectivity index (χ0) is 12.2. The van der Waals surface area contributed by atoms with E-state index in [2.05, 4.69) is 5.32 Å². The summed E-state index contributed by atoms with van der Waals surface area (Å²) in [4.78, 5) is 0. The first-order valence-corrected chi connectivity index (χ1v) is 6.10. The van der Waals surface area contributed by atoms with Crippen LogP contribution in [-0.4, -0.2) is 77.2 Å². The molecule has 0 aromatic carbocycles. The summed E-state index contributed by atoms with van der Waals surface area (Å²) in [6.07, 6.45) is -0.252. The number of rotatable bonds is 1. The molecule has 0 spiro atoms. The summed E-state index contributed by atoms with van der Waals surface area (Å²) in [6, 6.07) is 0. The van der Waals surface area contributed by atoms with Crippen LogP contribution in [0.4, 0.5) is 0 Å². The van der Waals surface area contributed by atoms with Gasteiger partial charge in [0.2, 0.25) is 0 Å². The zero-order valence-electron chi connectivity index (χ0n) is 10.2. The summed E-state index contributed by atoms with van der Waals surface area (Å²) in [5.41, 5.74) is 0. The van der Waals surface area contributed by atoms with E-state index in [4.69, 9.17) is 24.1 Å². The van der Waals surface area contributed by atoms with Gasteiger partial charge in [0.05, 0.1) is 52.9 Å². The van der Waals surface area contributed by atoms with E-state index >= 15 is 0 Å². The number of hydrogen-bond acceptors (Lipinski definition) is 6. The summed E-state index contributed by atoms with van der Waals surface area (Å²) in [5.74, 6) is 0. The van der Waals surface area contributed by atoms with Crippen LogP contribution in [0.15, 0.2) is 0 Å². The fourth-order valence-corrected chi connectivity index (χ4v) is 1.38. The number of nitrogens with one attached hydrogen (secondary N) is 1. The Balaban J connectivity index is 2.16. The van der Waals surface area contributed by atoms with E-state index in [9.17, 15) is 0 Å². The highest BCUT2D eigenvalue weighted by Crippen LogP contribution is 1.93. The van der Waals surface area contributed by atoms with Crippen LogP contribution in [0.2, 0.25) is 0 Å². The van der Waals surface area contributed by atoms with E-state index in [-0.39, 0.29) is 12.7 Å². The Morgan fingerprint density at radius 2 is 1.53 bits per heavy atom. The van der Waals surface area contributed by atoms with Gasteiger partial charge in [-0.15, -0.1) is 0 Å². The Kier molecular flexibility index (Phi) is 9.49. The minimum absolute atomic E-state index is 0.0238. The van der Waals surface area contributed by atoms with Gasteiger partial charge in [0.15, 0.2) is 0 Å². The third-order valence-electron chi connectivity index (χ3n) is 2.31. The highest BCUT2D eigenvalue weighted by molar-refractivity contribution is 4.55. The van der Waals surface area contributed by atoms with Crippen LogP contribution in [0.1, 0.15) is 0 Å². The molecule has 6 heteroatoms. The first-order chi connectivity index (χ1) is 8.43. The van der Waals surface area contributed by atoms with Gasteiger partial charge >= 0.3 is 0 Å². The highest BCUT2D eigenvalue weighted by atomic mass is 16.6. The predicted molar refractivity (Wildman–Crippen MR) is 62.2 cm³/mol. The Morgan fingerprint density at radius 3 is 2.29 bits per heavy atom. The lowest BCUT2D eigenvalue weighted by Crippen LogP contribution is -2.30. The Labute approximate surface area is 102 Å². The molecule has 0 aliphatic carbocycles. The van der Waals surface area contributed by atoms with Gasteiger partial charge in [-0.3, -0.25) is 0 Å². The van der Waals surface area contributed by atoms with Crippen LogP contribution in [0.5, 0.6) is 0 Å². The fraction of sp³-hybridized carbons (Fsp3) is 1.00. The van der Waals surface area contributed by atoms with Crippen molar-refractivity contribution in [3.63, 3.8) is 0 Å². The molecule has 6 nitrogen and oxygen atoms in total. The van der Waals surface area contributed by atoms with Crippen LogP contribution < -0.4 is 5.32 Å². The van der Waals surface area contributed by atoms with Gasteiger partial charge in [-0.1, -0.05) is 0 Å². The standard InChI is InChI=1S/C11H23NO5/c13-9-11-10-16-8-7-15-6-5-14-3-1-12-2-4-17-11/h11-13H,1-10H2. The first kappa shape index (κ1) is 14.8. The van der Waals surface area contributed by atoms with Crippen molar-refractivity contribution in [3.8, 4) is 0 Å². The van der Waals surface area contributed by atoms with Crippen molar-refractivity contribution in [2.45, 2.75) is 6.10 Å². The van der Waals surface area contributed by atoms with E-state index in [0.717, 1.165) is 13.1 Å². The quantitative estimate of drug-likeness (QED) is 0.622. The smallest absolute Gasteiger partial charge is 0.104 e. The maximum absolute atomic E-state index is 9.06.